The smallest absolute Gasteiger partial charge is 0.425 e. The van der Waals surface area contributed by atoms with Gasteiger partial charge in [-0.2, -0.15) is 10.00 Å². The first-order chi connectivity index (χ1) is 29.1. The van der Waals surface area contributed by atoms with Gasteiger partial charge in [0.2, 0.25) is 0 Å². The number of anilines is 2. The largest absolute Gasteiger partial charge is 0.494 e. The van der Waals surface area contributed by atoms with Gasteiger partial charge in [-0.3, -0.25) is 9.40 Å². The Balaban J connectivity index is 1.71. The number of alkyl carbamates (subject to hydrolysis) is 1. The molecule has 2 aromatic carbocycles. The molecule has 1 aliphatic rings. The van der Waals surface area contributed by atoms with Crippen LogP contribution in [-0.2, 0) is 24.2 Å². The third kappa shape index (κ3) is 11.9. The van der Waals surface area contributed by atoms with E-state index in [4.69, 9.17) is 35.6 Å². The number of fused-ring (bicyclic) bond motifs is 1. The number of imide groups is 1. The van der Waals surface area contributed by atoms with Crippen molar-refractivity contribution in [3.8, 4) is 17.0 Å². The van der Waals surface area contributed by atoms with Crippen LogP contribution in [0.3, 0.4) is 0 Å². The Morgan fingerprint density at radius 1 is 0.889 bits per heavy atom. The summed E-state index contributed by atoms with van der Waals surface area (Å²) in [5, 5.41) is 7.56. The molecule has 1 aliphatic carbocycles. The molecule has 1 fully saturated rings. The zero-order chi connectivity index (χ0) is 47.0. The summed E-state index contributed by atoms with van der Waals surface area (Å²) >= 11 is 6.23. The number of hydrogen-bond acceptors (Lipinski definition) is 11. The van der Waals surface area contributed by atoms with Crippen LogP contribution in [0.25, 0.3) is 22.2 Å². The fourth-order valence-corrected chi connectivity index (χ4v) is 8.62. The molecular formula is C44H57ClF2N6O9S. The molecule has 0 aliphatic heterocycles. The highest BCUT2D eigenvalue weighted by molar-refractivity contribution is 7.92. The minimum Gasteiger partial charge on any atom is -0.494 e. The Labute approximate surface area is 372 Å². The van der Waals surface area contributed by atoms with Crippen molar-refractivity contribution < 1.29 is 50.5 Å². The summed E-state index contributed by atoms with van der Waals surface area (Å²) in [5.74, 6) is -2.62. The van der Waals surface area contributed by atoms with Crippen LogP contribution in [0.2, 0.25) is 5.02 Å². The third-order valence-electron chi connectivity index (χ3n) is 9.53. The van der Waals surface area contributed by atoms with Gasteiger partial charge in [0.05, 0.1) is 28.2 Å². The minimum absolute atomic E-state index is 0.00178. The lowest BCUT2D eigenvalue weighted by atomic mass is 9.81. The van der Waals surface area contributed by atoms with Crippen molar-refractivity contribution in [2.45, 2.75) is 148 Å². The van der Waals surface area contributed by atoms with E-state index in [2.05, 4.69) is 15.0 Å². The zero-order valence-corrected chi connectivity index (χ0v) is 39.3. The molecule has 0 saturated heterocycles. The highest BCUT2D eigenvalue weighted by Gasteiger charge is 2.39. The van der Waals surface area contributed by atoms with E-state index in [-0.39, 0.29) is 46.2 Å². The number of aromatic nitrogens is 3. The number of benzene rings is 2. The van der Waals surface area contributed by atoms with Crippen LogP contribution in [0.4, 0.5) is 34.7 Å². The average molecular weight is 919 g/mol. The van der Waals surface area contributed by atoms with E-state index in [0.717, 1.165) is 6.07 Å². The van der Waals surface area contributed by atoms with E-state index in [1.165, 1.54) is 24.4 Å². The summed E-state index contributed by atoms with van der Waals surface area (Å²) in [5.41, 5.74) is -3.24. The SMILES string of the molecule is CCOc1ccc(Cl)c(S(=O)(=O)Nc2cc(F)c(-c3nn(C(C)C)c4c(C5CCC(NC(=O)OC(C)(C)C)CC5)cnc(N(C(=O)OC(C)(C)C)C(=O)OC(C)(C)C)c34)cc2F)c1. The number of rotatable bonds is 10. The second-order valence-corrected chi connectivity index (χ2v) is 20.6. The second kappa shape index (κ2) is 18.5. The van der Waals surface area contributed by atoms with Crippen molar-refractivity contribution >= 4 is 62.3 Å². The van der Waals surface area contributed by atoms with Crippen LogP contribution >= 0.6 is 11.6 Å². The number of halogens is 3. The molecule has 15 nitrogen and oxygen atoms in total. The molecule has 3 amide bonds. The molecule has 2 N–H and O–H groups in total. The molecule has 2 heterocycles. The van der Waals surface area contributed by atoms with Gasteiger partial charge >= 0.3 is 18.3 Å². The summed E-state index contributed by atoms with van der Waals surface area (Å²) < 4.78 is 86.0. The standard InChI is InChI=1S/C44H57ClF2N6O9S/c1-13-59-27-18-19-30(45)34(20-27)63(57,58)51-33-22-31(46)28(21-32(33)47)36-35-37(53(50-36)24(2)3)29(25-14-16-26(17-15-25)49-39(54)60-42(4,5)6)23-48-38(35)52(40(55)61-43(7,8)9)41(56)62-44(10,11)12/h18-26,51H,13-17H2,1-12H3,(H,49,54). The number of sulfonamides is 1. The molecule has 63 heavy (non-hydrogen) atoms. The fraction of sp³-hybridized carbons (Fsp3) is 0.523. The number of amides is 3. The molecule has 0 bridgehead atoms. The zero-order valence-electron chi connectivity index (χ0n) is 37.7. The van der Waals surface area contributed by atoms with E-state index >= 15 is 8.78 Å². The Hall–Kier alpha value is -5.23. The summed E-state index contributed by atoms with van der Waals surface area (Å²) in [4.78, 5) is 45.7. The van der Waals surface area contributed by atoms with Gasteiger partial charge in [0.15, 0.2) is 5.82 Å². The molecule has 0 radical (unpaired) electrons. The highest BCUT2D eigenvalue weighted by Crippen LogP contribution is 2.44. The minimum atomic E-state index is -4.59. The molecule has 0 spiro atoms. The first kappa shape index (κ1) is 48.8. The second-order valence-electron chi connectivity index (χ2n) is 18.6. The Bertz CT molecular complexity index is 2460. The van der Waals surface area contributed by atoms with Gasteiger partial charge in [-0.15, -0.1) is 0 Å². The van der Waals surface area contributed by atoms with Gasteiger partial charge in [-0.1, -0.05) is 11.6 Å². The van der Waals surface area contributed by atoms with E-state index in [0.29, 0.717) is 47.7 Å². The molecule has 0 atom stereocenters. The van der Waals surface area contributed by atoms with E-state index < -0.39 is 78.9 Å². The lowest BCUT2D eigenvalue weighted by Crippen LogP contribution is -2.44. The van der Waals surface area contributed by atoms with Crippen molar-refractivity contribution in [3.63, 3.8) is 0 Å². The topological polar surface area (TPSA) is 180 Å². The predicted molar refractivity (Wildman–Crippen MR) is 236 cm³/mol. The van der Waals surface area contributed by atoms with Gasteiger partial charge in [-0.25, -0.2) is 36.6 Å². The number of carbonyl (C=O) groups excluding carboxylic acids is 3. The van der Waals surface area contributed by atoms with Gasteiger partial charge in [-0.05, 0) is 138 Å². The van der Waals surface area contributed by atoms with E-state index in [9.17, 15) is 22.8 Å². The van der Waals surface area contributed by atoms with Gasteiger partial charge < -0.3 is 24.3 Å². The van der Waals surface area contributed by atoms with Crippen LogP contribution in [0, 0.1) is 11.6 Å². The normalized spacial score (nSPS) is 16.1. The number of carbonyl (C=O) groups is 3. The van der Waals surface area contributed by atoms with Crippen molar-refractivity contribution in [2.75, 3.05) is 16.2 Å². The number of nitrogens with zero attached hydrogens (tertiary/aromatic N) is 4. The highest BCUT2D eigenvalue weighted by atomic mass is 35.5. The summed E-state index contributed by atoms with van der Waals surface area (Å²) in [6.45, 7) is 20.6. The van der Waals surface area contributed by atoms with Gasteiger partial charge in [0.25, 0.3) is 10.0 Å². The van der Waals surface area contributed by atoms with Crippen molar-refractivity contribution in [2.24, 2.45) is 0 Å². The van der Waals surface area contributed by atoms with Gasteiger partial charge in [0.1, 0.15) is 44.8 Å². The molecule has 1 saturated carbocycles. The van der Waals surface area contributed by atoms with Crippen LogP contribution < -0.4 is 19.7 Å². The number of ether oxygens (including phenoxy) is 4. The molecule has 2 aromatic heterocycles. The van der Waals surface area contributed by atoms with Crippen molar-refractivity contribution in [1.29, 1.82) is 0 Å². The predicted octanol–water partition coefficient (Wildman–Crippen LogP) is 11.0. The van der Waals surface area contributed by atoms with Crippen LogP contribution in [0.15, 0.2) is 41.4 Å². The molecule has 19 heteroatoms. The summed E-state index contributed by atoms with van der Waals surface area (Å²) in [6, 6.07) is 4.77. The number of nitrogens with one attached hydrogen (secondary N) is 2. The van der Waals surface area contributed by atoms with Crippen LogP contribution in [-0.4, -0.2) is 70.9 Å². The van der Waals surface area contributed by atoms with Crippen molar-refractivity contribution in [3.05, 3.63) is 58.7 Å². The summed E-state index contributed by atoms with van der Waals surface area (Å²) in [6.07, 6.45) is 0.943. The first-order valence-corrected chi connectivity index (χ1v) is 22.6. The number of pyridine rings is 1. The Kier molecular flexibility index (Phi) is 14.3. The molecule has 5 rings (SSSR count). The molecule has 4 aromatic rings. The molecule has 344 valence electrons. The average Bonchev–Trinajstić information content (AvgIpc) is 3.53. The van der Waals surface area contributed by atoms with Gasteiger partial charge in [0, 0.05) is 36.0 Å². The maximum atomic E-state index is 16.7. The van der Waals surface area contributed by atoms with E-state index in [1.54, 1.807) is 73.9 Å². The van der Waals surface area contributed by atoms with Crippen LogP contribution in [0.5, 0.6) is 5.75 Å². The monoisotopic (exact) mass is 918 g/mol. The lowest BCUT2D eigenvalue weighted by molar-refractivity contribution is 0.0425. The number of hydrogen-bond donors (Lipinski definition) is 2. The maximum Gasteiger partial charge on any atom is 0.425 e. The fourth-order valence-electron chi connectivity index (χ4n) is 7.05. The Morgan fingerprint density at radius 3 is 2.02 bits per heavy atom. The van der Waals surface area contributed by atoms with Crippen LogP contribution in [0.1, 0.15) is 126 Å². The quantitative estimate of drug-likeness (QED) is 0.145. The lowest BCUT2D eigenvalue weighted by Gasteiger charge is -2.31. The maximum absolute atomic E-state index is 16.7. The third-order valence-corrected chi connectivity index (χ3v) is 11.4. The Morgan fingerprint density at radius 2 is 1.48 bits per heavy atom. The summed E-state index contributed by atoms with van der Waals surface area (Å²) in [7, 11) is -4.59. The van der Waals surface area contributed by atoms with E-state index in [1.807, 2.05) is 13.8 Å². The first-order valence-electron chi connectivity index (χ1n) is 20.7. The molecular weight excluding hydrogens is 862 g/mol. The molecule has 0 unspecified atom stereocenters. The van der Waals surface area contributed by atoms with Crippen molar-refractivity contribution in [1.82, 2.24) is 20.1 Å².